The minimum atomic E-state index is -0.720. The van der Waals surface area contributed by atoms with Crippen molar-refractivity contribution in [3.05, 3.63) is 12.2 Å². The second kappa shape index (κ2) is 4.29. The second-order valence-electron chi connectivity index (χ2n) is 6.65. The lowest BCUT2D eigenvalue weighted by molar-refractivity contribution is -0.191. The largest absolute Gasteiger partial charge is 0.455 e. The van der Waals surface area contributed by atoms with E-state index < -0.39 is 11.9 Å². The Bertz CT molecular complexity index is 457. The fourth-order valence-electron chi connectivity index (χ4n) is 3.80. The van der Waals surface area contributed by atoms with Crippen LogP contribution in [-0.2, 0) is 23.7 Å². The molecule has 110 valence electrons. The van der Waals surface area contributed by atoms with Crippen molar-refractivity contribution in [2.75, 3.05) is 6.61 Å². The number of carbonyl (C=O) groups is 1. The van der Waals surface area contributed by atoms with Crippen molar-refractivity contribution >= 4 is 5.97 Å². The van der Waals surface area contributed by atoms with Gasteiger partial charge in [0.2, 0.25) is 0 Å². The van der Waals surface area contributed by atoms with Gasteiger partial charge < -0.3 is 18.9 Å². The molecule has 2 aliphatic carbocycles. The molecule has 0 aromatic carbocycles. The van der Waals surface area contributed by atoms with E-state index in [-0.39, 0.29) is 24.3 Å². The predicted octanol–water partition coefficient (Wildman–Crippen LogP) is 1.41. The molecule has 0 aromatic rings. The van der Waals surface area contributed by atoms with Gasteiger partial charge in [0.25, 0.3) is 0 Å². The van der Waals surface area contributed by atoms with Crippen molar-refractivity contribution in [1.82, 2.24) is 0 Å². The minimum absolute atomic E-state index is 0.262. The zero-order valence-electron chi connectivity index (χ0n) is 11.8. The van der Waals surface area contributed by atoms with Crippen molar-refractivity contribution in [2.24, 2.45) is 11.8 Å². The Morgan fingerprint density at radius 2 is 2.15 bits per heavy atom. The van der Waals surface area contributed by atoms with Crippen molar-refractivity contribution in [2.45, 2.75) is 56.9 Å². The third-order valence-electron chi connectivity index (χ3n) is 4.69. The highest BCUT2D eigenvalue weighted by molar-refractivity contribution is 5.78. The normalized spacial score (nSPS) is 47.8. The predicted molar refractivity (Wildman–Crippen MR) is 68.8 cm³/mol. The van der Waals surface area contributed by atoms with Gasteiger partial charge in [-0.3, -0.25) is 0 Å². The van der Waals surface area contributed by atoms with Crippen LogP contribution >= 0.6 is 0 Å². The third-order valence-corrected chi connectivity index (χ3v) is 4.69. The number of ether oxygens (including phenoxy) is 4. The van der Waals surface area contributed by atoms with E-state index in [1.165, 1.54) is 6.42 Å². The number of esters is 1. The Morgan fingerprint density at radius 1 is 1.30 bits per heavy atom. The molecule has 0 amide bonds. The van der Waals surface area contributed by atoms with Gasteiger partial charge in [-0.1, -0.05) is 12.2 Å². The minimum Gasteiger partial charge on any atom is -0.455 e. The molecule has 4 rings (SSSR count). The highest BCUT2D eigenvalue weighted by atomic mass is 16.8. The molecule has 0 N–H and O–H groups in total. The molecular formula is C15H20O5. The van der Waals surface area contributed by atoms with Gasteiger partial charge in [0.1, 0.15) is 6.10 Å². The number of fused-ring (bicyclic) bond motifs is 3. The van der Waals surface area contributed by atoms with Gasteiger partial charge in [0.05, 0.1) is 12.7 Å². The summed E-state index contributed by atoms with van der Waals surface area (Å²) in [5.74, 6) is 0.156. The van der Waals surface area contributed by atoms with Crippen LogP contribution in [0.15, 0.2) is 12.2 Å². The van der Waals surface area contributed by atoms with Gasteiger partial charge in [-0.25, -0.2) is 4.79 Å². The van der Waals surface area contributed by atoms with E-state index in [1.54, 1.807) is 0 Å². The molecule has 1 saturated carbocycles. The quantitative estimate of drug-likeness (QED) is 0.578. The molecule has 5 nitrogen and oxygen atoms in total. The van der Waals surface area contributed by atoms with E-state index in [0.717, 1.165) is 6.42 Å². The van der Waals surface area contributed by atoms with Crippen LogP contribution in [-0.4, -0.2) is 42.8 Å². The monoisotopic (exact) mass is 280 g/mol. The number of carbonyl (C=O) groups excluding carboxylic acids is 1. The summed E-state index contributed by atoms with van der Waals surface area (Å²) < 4.78 is 22.7. The Morgan fingerprint density at radius 3 is 2.85 bits per heavy atom. The summed E-state index contributed by atoms with van der Waals surface area (Å²) in [6.07, 6.45) is 5.79. The van der Waals surface area contributed by atoms with Crippen LogP contribution in [0.1, 0.15) is 26.7 Å². The number of hydrogen-bond donors (Lipinski definition) is 0. The molecule has 2 bridgehead atoms. The molecule has 3 fully saturated rings. The van der Waals surface area contributed by atoms with Gasteiger partial charge in [0, 0.05) is 5.92 Å². The van der Waals surface area contributed by atoms with E-state index in [1.807, 2.05) is 13.8 Å². The Balaban J connectivity index is 1.38. The van der Waals surface area contributed by atoms with Crippen molar-refractivity contribution in [3.8, 4) is 0 Å². The first-order valence-electron chi connectivity index (χ1n) is 7.38. The lowest BCUT2D eigenvalue weighted by Crippen LogP contribution is -2.35. The van der Waals surface area contributed by atoms with Crippen LogP contribution in [0.25, 0.3) is 0 Å². The summed E-state index contributed by atoms with van der Waals surface area (Å²) in [7, 11) is 0. The maximum Gasteiger partial charge on any atom is 0.338 e. The van der Waals surface area contributed by atoms with E-state index in [4.69, 9.17) is 18.9 Å². The Hall–Kier alpha value is -0.910. The zero-order valence-corrected chi connectivity index (χ0v) is 11.8. The van der Waals surface area contributed by atoms with E-state index >= 15 is 0 Å². The fraction of sp³-hybridized carbons (Fsp3) is 0.800. The highest BCUT2D eigenvalue weighted by Crippen LogP contribution is 2.41. The molecule has 2 saturated heterocycles. The van der Waals surface area contributed by atoms with Gasteiger partial charge >= 0.3 is 5.97 Å². The lowest BCUT2D eigenvalue weighted by atomic mass is 10.0. The molecule has 0 spiro atoms. The molecule has 20 heavy (non-hydrogen) atoms. The molecule has 0 aromatic heterocycles. The summed E-state index contributed by atoms with van der Waals surface area (Å²) in [5, 5.41) is 0. The smallest absolute Gasteiger partial charge is 0.338 e. The van der Waals surface area contributed by atoms with Crippen LogP contribution in [0.5, 0.6) is 0 Å². The number of hydrogen-bond acceptors (Lipinski definition) is 5. The van der Waals surface area contributed by atoms with Crippen LogP contribution in [0.3, 0.4) is 0 Å². The summed E-state index contributed by atoms with van der Waals surface area (Å²) in [4.78, 5) is 11.8. The zero-order chi connectivity index (χ0) is 13.9. The SMILES string of the molecule is CC1(C)O[C@@H]2[C@@H](COC3CC4C=CC3C4)OC(=O)[C@@H]2O1. The first-order valence-corrected chi connectivity index (χ1v) is 7.38. The van der Waals surface area contributed by atoms with Gasteiger partial charge in [-0.15, -0.1) is 0 Å². The number of cyclic esters (lactones) is 1. The fourth-order valence-corrected chi connectivity index (χ4v) is 3.80. The Labute approximate surface area is 118 Å². The number of allylic oxidation sites excluding steroid dienone is 1. The standard InChI is InChI=1S/C15H20O5/c1-15(2)19-12-11(18-14(16)13(12)20-15)7-17-10-6-8-3-4-9(10)5-8/h3-4,8-13H,5-7H2,1-2H3/t8?,9?,10?,11-,12-,13-/m1/s1. The summed E-state index contributed by atoms with van der Waals surface area (Å²) >= 11 is 0. The first kappa shape index (κ1) is 12.8. The second-order valence-corrected chi connectivity index (χ2v) is 6.65. The maximum absolute atomic E-state index is 11.8. The van der Waals surface area contributed by atoms with E-state index in [0.29, 0.717) is 18.4 Å². The molecule has 2 aliphatic heterocycles. The summed E-state index contributed by atoms with van der Waals surface area (Å²) in [6, 6.07) is 0. The van der Waals surface area contributed by atoms with Crippen LogP contribution in [0, 0.1) is 11.8 Å². The molecular weight excluding hydrogens is 260 g/mol. The van der Waals surface area contributed by atoms with Gasteiger partial charge in [-0.05, 0) is 32.6 Å². The van der Waals surface area contributed by atoms with Gasteiger partial charge in [0.15, 0.2) is 18.0 Å². The maximum atomic E-state index is 11.8. The Kier molecular flexibility index (Phi) is 2.75. The first-order chi connectivity index (χ1) is 9.52. The summed E-state index contributed by atoms with van der Waals surface area (Å²) in [5.41, 5.74) is 0. The third kappa shape index (κ3) is 2.00. The number of rotatable bonds is 3. The topological polar surface area (TPSA) is 54.0 Å². The van der Waals surface area contributed by atoms with Gasteiger partial charge in [-0.2, -0.15) is 0 Å². The van der Waals surface area contributed by atoms with Crippen LogP contribution in [0.2, 0.25) is 0 Å². The average molecular weight is 280 g/mol. The summed E-state index contributed by atoms with van der Waals surface area (Å²) in [6.45, 7) is 4.03. The highest BCUT2D eigenvalue weighted by Gasteiger charge is 2.56. The lowest BCUT2D eigenvalue weighted by Gasteiger charge is -2.24. The molecule has 4 aliphatic rings. The van der Waals surface area contributed by atoms with Crippen LogP contribution in [0.4, 0.5) is 0 Å². The molecule has 0 radical (unpaired) electrons. The molecule has 6 atom stereocenters. The van der Waals surface area contributed by atoms with E-state index in [9.17, 15) is 4.79 Å². The molecule has 2 heterocycles. The molecule has 5 heteroatoms. The van der Waals surface area contributed by atoms with Crippen molar-refractivity contribution < 1.29 is 23.7 Å². The van der Waals surface area contributed by atoms with Crippen molar-refractivity contribution in [3.63, 3.8) is 0 Å². The van der Waals surface area contributed by atoms with Crippen molar-refractivity contribution in [1.29, 1.82) is 0 Å². The van der Waals surface area contributed by atoms with Crippen LogP contribution < -0.4 is 0 Å². The average Bonchev–Trinajstić information content (AvgIpc) is 3.10. The van der Waals surface area contributed by atoms with E-state index in [2.05, 4.69) is 12.2 Å². The molecule has 3 unspecified atom stereocenters.